The maximum absolute atomic E-state index is 13.3. The Balaban J connectivity index is 0.00000161. The molecule has 0 bridgehead atoms. The third-order valence-electron chi connectivity index (χ3n) is 3.15. The smallest absolute Gasteiger partial charge is 0.310 e. The van der Waals surface area contributed by atoms with Gasteiger partial charge in [-0.1, -0.05) is 19.6 Å². The van der Waals surface area contributed by atoms with Crippen LogP contribution in [0.4, 0.5) is 4.39 Å². The lowest BCUT2D eigenvalue weighted by Gasteiger charge is -2.01. The maximum atomic E-state index is 13.3. The molecule has 110 valence electrons. The van der Waals surface area contributed by atoms with E-state index >= 15 is 0 Å². The van der Waals surface area contributed by atoms with E-state index in [-0.39, 0.29) is 25.6 Å². The van der Waals surface area contributed by atoms with Crippen molar-refractivity contribution in [2.24, 2.45) is 0 Å². The van der Waals surface area contributed by atoms with Gasteiger partial charge in [0.15, 0.2) is 0 Å². The zero-order valence-electron chi connectivity index (χ0n) is 11.0. The highest BCUT2D eigenvalue weighted by Gasteiger charge is 2.10. The van der Waals surface area contributed by atoms with Gasteiger partial charge in [0.25, 0.3) is 0 Å². The van der Waals surface area contributed by atoms with Crippen molar-refractivity contribution in [1.82, 2.24) is 0 Å². The molecule has 0 N–H and O–H groups in total. The van der Waals surface area contributed by atoms with Gasteiger partial charge in [-0.25, -0.2) is 4.39 Å². The summed E-state index contributed by atoms with van der Waals surface area (Å²) < 4.78 is 23.9. The summed E-state index contributed by atoms with van der Waals surface area (Å²) in [7, 11) is 0. The van der Waals surface area contributed by atoms with Crippen molar-refractivity contribution < 1.29 is 18.3 Å². The third-order valence-corrected chi connectivity index (χ3v) is 3.15. The second-order valence-corrected chi connectivity index (χ2v) is 4.55. The molecule has 3 rings (SSSR count). The zero-order chi connectivity index (χ0) is 14.1. The molecule has 0 fully saturated rings. The summed E-state index contributed by atoms with van der Waals surface area (Å²) in [6.45, 7) is 2.14. The van der Waals surface area contributed by atoms with Crippen LogP contribution in [-0.4, -0.2) is 12.6 Å². The summed E-state index contributed by atoms with van der Waals surface area (Å²) in [4.78, 5) is 11.5. The Morgan fingerprint density at radius 2 is 1.95 bits per heavy atom. The normalized spacial score (nSPS) is 10.6. The van der Waals surface area contributed by atoms with E-state index in [1.54, 1.807) is 19.1 Å². The summed E-state index contributed by atoms with van der Waals surface area (Å²) in [5.74, 6) is -0.565. The number of furan rings is 1. The molecule has 2 aromatic carbocycles. The second-order valence-electron chi connectivity index (χ2n) is 4.55. The molecular formula is C17H17FO3. The minimum absolute atomic E-state index is 0. The number of carbonyl (C=O) groups is 1. The van der Waals surface area contributed by atoms with Crippen LogP contribution in [-0.2, 0) is 16.0 Å². The van der Waals surface area contributed by atoms with Crippen LogP contribution in [0.2, 0.25) is 0 Å². The number of rotatable bonds is 3. The fourth-order valence-electron chi connectivity index (χ4n) is 2.28. The fourth-order valence-corrected chi connectivity index (χ4v) is 2.28. The summed E-state index contributed by atoms with van der Waals surface area (Å²) in [6, 6.07) is 9.89. The van der Waals surface area contributed by atoms with Gasteiger partial charge in [-0.05, 0) is 36.8 Å². The Kier molecular flexibility index (Phi) is 4.26. The van der Waals surface area contributed by atoms with E-state index in [1.807, 2.05) is 12.1 Å². The molecule has 0 aliphatic rings. The van der Waals surface area contributed by atoms with Crippen molar-refractivity contribution in [2.45, 2.75) is 20.8 Å². The van der Waals surface area contributed by atoms with Gasteiger partial charge in [0.1, 0.15) is 17.0 Å². The van der Waals surface area contributed by atoms with E-state index in [9.17, 15) is 9.18 Å². The molecule has 1 heterocycles. The Hall–Kier alpha value is -2.36. The standard InChI is InChI=1S/C16H13FO3.CH4/c1-2-19-16(18)8-10-3-5-12-13-9-11(17)4-6-14(13)20-15(12)7-10;/h3-7,9H,2,8H2,1H3;1H4. The summed E-state index contributed by atoms with van der Waals surface area (Å²) in [5.41, 5.74) is 2.09. The number of halogens is 1. The average Bonchev–Trinajstić information content (AvgIpc) is 2.76. The van der Waals surface area contributed by atoms with Gasteiger partial charge >= 0.3 is 5.97 Å². The van der Waals surface area contributed by atoms with Crippen molar-refractivity contribution in [3.8, 4) is 0 Å². The first-order valence-electron chi connectivity index (χ1n) is 6.43. The Labute approximate surface area is 122 Å². The van der Waals surface area contributed by atoms with Gasteiger partial charge in [-0.2, -0.15) is 0 Å². The number of fused-ring (bicyclic) bond motifs is 3. The number of carbonyl (C=O) groups excluding carboxylic acids is 1. The van der Waals surface area contributed by atoms with Crippen LogP contribution < -0.4 is 0 Å². The summed E-state index contributed by atoms with van der Waals surface area (Å²) in [6.07, 6.45) is 0.204. The monoisotopic (exact) mass is 288 g/mol. The van der Waals surface area contributed by atoms with E-state index in [0.29, 0.717) is 17.8 Å². The van der Waals surface area contributed by atoms with Crippen molar-refractivity contribution >= 4 is 27.9 Å². The summed E-state index contributed by atoms with van der Waals surface area (Å²) >= 11 is 0. The lowest BCUT2D eigenvalue weighted by molar-refractivity contribution is -0.142. The minimum Gasteiger partial charge on any atom is -0.466 e. The van der Waals surface area contributed by atoms with Crippen molar-refractivity contribution in [2.75, 3.05) is 6.61 Å². The van der Waals surface area contributed by atoms with E-state index in [2.05, 4.69) is 0 Å². The van der Waals surface area contributed by atoms with E-state index in [0.717, 1.165) is 16.3 Å². The number of esters is 1. The lowest BCUT2D eigenvalue weighted by Crippen LogP contribution is -2.07. The van der Waals surface area contributed by atoms with Crippen LogP contribution in [0.1, 0.15) is 19.9 Å². The quantitative estimate of drug-likeness (QED) is 0.668. The average molecular weight is 288 g/mol. The second kappa shape index (κ2) is 5.95. The molecule has 3 aromatic rings. The van der Waals surface area contributed by atoms with Crippen LogP contribution in [0.15, 0.2) is 40.8 Å². The molecule has 1 aromatic heterocycles. The molecular weight excluding hydrogens is 271 g/mol. The maximum Gasteiger partial charge on any atom is 0.310 e. The number of hydrogen-bond acceptors (Lipinski definition) is 3. The molecule has 0 atom stereocenters. The lowest BCUT2D eigenvalue weighted by atomic mass is 10.1. The molecule has 0 unspecified atom stereocenters. The van der Waals surface area contributed by atoms with Crippen molar-refractivity contribution in [1.29, 1.82) is 0 Å². The van der Waals surface area contributed by atoms with Gasteiger partial charge in [0.05, 0.1) is 13.0 Å². The molecule has 0 saturated heterocycles. The third kappa shape index (κ3) is 2.89. The van der Waals surface area contributed by atoms with E-state index < -0.39 is 0 Å². The molecule has 21 heavy (non-hydrogen) atoms. The summed E-state index contributed by atoms with van der Waals surface area (Å²) in [5, 5.41) is 1.58. The first kappa shape index (κ1) is 15.0. The zero-order valence-corrected chi connectivity index (χ0v) is 11.0. The first-order valence-corrected chi connectivity index (χ1v) is 6.43. The largest absolute Gasteiger partial charge is 0.466 e. The van der Waals surface area contributed by atoms with Gasteiger partial charge in [0, 0.05) is 10.8 Å². The first-order chi connectivity index (χ1) is 9.67. The van der Waals surface area contributed by atoms with Crippen LogP contribution in [0.25, 0.3) is 21.9 Å². The van der Waals surface area contributed by atoms with Crippen LogP contribution in [0.5, 0.6) is 0 Å². The molecule has 3 nitrogen and oxygen atoms in total. The van der Waals surface area contributed by atoms with Crippen LogP contribution in [0.3, 0.4) is 0 Å². The molecule has 0 aliphatic heterocycles. The van der Waals surface area contributed by atoms with Gasteiger partial charge < -0.3 is 9.15 Å². The molecule has 4 heteroatoms. The highest BCUT2D eigenvalue weighted by Crippen LogP contribution is 2.29. The van der Waals surface area contributed by atoms with Crippen molar-refractivity contribution in [3.05, 3.63) is 47.8 Å². The predicted molar refractivity (Wildman–Crippen MR) is 80.7 cm³/mol. The fraction of sp³-hybridized carbons (Fsp3) is 0.235. The molecule has 0 radical (unpaired) electrons. The predicted octanol–water partition coefficient (Wildman–Crippen LogP) is 4.47. The van der Waals surface area contributed by atoms with Crippen LogP contribution in [0, 0.1) is 5.82 Å². The van der Waals surface area contributed by atoms with Gasteiger partial charge in [-0.15, -0.1) is 0 Å². The van der Waals surface area contributed by atoms with E-state index in [1.165, 1.54) is 12.1 Å². The Bertz CT molecular complexity index is 789. The van der Waals surface area contributed by atoms with Gasteiger partial charge in [0.2, 0.25) is 0 Å². The molecule has 0 saturated carbocycles. The highest BCUT2D eigenvalue weighted by molar-refractivity contribution is 6.05. The highest BCUT2D eigenvalue weighted by atomic mass is 19.1. The number of benzene rings is 2. The minimum atomic E-state index is -0.296. The molecule has 0 aliphatic carbocycles. The van der Waals surface area contributed by atoms with Crippen molar-refractivity contribution in [3.63, 3.8) is 0 Å². The topological polar surface area (TPSA) is 39.4 Å². The van der Waals surface area contributed by atoms with Gasteiger partial charge in [-0.3, -0.25) is 4.79 Å². The number of hydrogen-bond donors (Lipinski definition) is 0. The number of ether oxygens (including phenoxy) is 1. The Morgan fingerprint density at radius 1 is 1.14 bits per heavy atom. The molecule has 0 spiro atoms. The SMILES string of the molecule is C.CCOC(=O)Cc1ccc2c(c1)oc1ccc(F)cc12. The van der Waals surface area contributed by atoms with E-state index in [4.69, 9.17) is 9.15 Å². The Morgan fingerprint density at radius 3 is 2.71 bits per heavy atom. The van der Waals surface area contributed by atoms with Crippen LogP contribution >= 0.6 is 0 Å². The molecule has 0 amide bonds.